The van der Waals surface area contributed by atoms with Crippen molar-refractivity contribution in [1.29, 1.82) is 0 Å². The molecule has 0 nitrogen and oxygen atoms in total. The Hall–Kier alpha value is 0.350. The molecule has 1 heteroatoms. The lowest BCUT2D eigenvalue weighted by Gasteiger charge is -2.03. The van der Waals surface area contributed by atoms with Gasteiger partial charge in [-0.2, -0.15) is 11.8 Å². The van der Waals surface area contributed by atoms with Gasteiger partial charge in [-0.25, -0.2) is 0 Å². The van der Waals surface area contributed by atoms with E-state index in [4.69, 9.17) is 0 Å². The molecule has 1 rings (SSSR count). The van der Waals surface area contributed by atoms with Crippen LogP contribution in [-0.2, 0) is 0 Å². The van der Waals surface area contributed by atoms with Crippen molar-refractivity contribution in [2.24, 2.45) is 11.8 Å². The van der Waals surface area contributed by atoms with Crippen LogP contribution in [0.3, 0.4) is 0 Å². The third-order valence-corrected chi connectivity index (χ3v) is 3.26. The summed E-state index contributed by atoms with van der Waals surface area (Å²) in [4.78, 5) is 0. The lowest BCUT2D eigenvalue weighted by atomic mass is 10.0. The smallest absolute Gasteiger partial charge is 0.00388 e. The molecule has 1 aliphatic heterocycles. The molecule has 1 aliphatic rings. The van der Waals surface area contributed by atoms with E-state index in [2.05, 4.69) is 25.6 Å². The summed E-state index contributed by atoms with van der Waals surface area (Å²) in [5.74, 6) is 4.73. The van der Waals surface area contributed by atoms with E-state index < -0.39 is 0 Å². The first-order chi connectivity index (χ1) is 5.30. The molecule has 0 aromatic carbocycles. The van der Waals surface area contributed by atoms with E-state index in [-0.39, 0.29) is 0 Å². The van der Waals surface area contributed by atoms with E-state index >= 15 is 0 Å². The van der Waals surface area contributed by atoms with Crippen LogP contribution in [0, 0.1) is 11.8 Å². The highest BCUT2D eigenvalue weighted by molar-refractivity contribution is 7.99. The summed E-state index contributed by atoms with van der Waals surface area (Å²) < 4.78 is 0. The van der Waals surface area contributed by atoms with Crippen molar-refractivity contribution in [2.45, 2.75) is 41.5 Å². The Morgan fingerprint density at radius 1 is 0.818 bits per heavy atom. The van der Waals surface area contributed by atoms with Gasteiger partial charge in [0.05, 0.1) is 0 Å². The monoisotopic (exact) mass is 176 g/mol. The summed E-state index contributed by atoms with van der Waals surface area (Å²) in [6.07, 6.45) is 0. The maximum Gasteiger partial charge on any atom is -0.00388 e. The fourth-order valence-corrected chi connectivity index (χ4v) is 2.31. The number of rotatable bonds is 0. The zero-order valence-corrected chi connectivity index (χ0v) is 9.79. The van der Waals surface area contributed by atoms with Gasteiger partial charge in [0.15, 0.2) is 0 Å². The van der Waals surface area contributed by atoms with Gasteiger partial charge in [0.25, 0.3) is 0 Å². The molecule has 0 amide bonds. The fourth-order valence-electron chi connectivity index (χ4n) is 0.768. The fraction of sp³-hybridized carbons (Fsp3) is 1.00. The molecule has 2 atom stereocenters. The molecule has 0 saturated carbocycles. The molecule has 0 aromatic heterocycles. The van der Waals surface area contributed by atoms with E-state index in [0.717, 1.165) is 11.8 Å². The molecular formula is C10H24S. The van der Waals surface area contributed by atoms with Crippen LogP contribution in [0.25, 0.3) is 0 Å². The first-order valence-corrected chi connectivity index (χ1v) is 6.04. The van der Waals surface area contributed by atoms with E-state index in [1.54, 1.807) is 0 Å². The Morgan fingerprint density at radius 3 is 1.18 bits per heavy atom. The third kappa shape index (κ3) is 6.74. The lowest BCUT2D eigenvalue weighted by Crippen LogP contribution is -2.01. The van der Waals surface area contributed by atoms with E-state index in [1.807, 2.05) is 27.7 Å². The molecule has 1 fully saturated rings. The normalized spacial score (nSPS) is 27.8. The van der Waals surface area contributed by atoms with Crippen LogP contribution in [-0.4, -0.2) is 11.5 Å². The first-order valence-electron chi connectivity index (χ1n) is 4.88. The molecule has 1 saturated heterocycles. The maximum atomic E-state index is 2.34. The summed E-state index contributed by atoms with van der Waals surface area (Å²) in [5, 5.41) is 0. The van der Waals surface area contributed by atoms with Gasteiger partial charge in [-0.3, -0.25) is 0 Å². The highest BCUT2D eigenvalue weighted by atomic mass is 32.2. The van der Waals surface area contributed by atoms with E-state index in [9.17, 15) is 0 Å². The van der Waals surface area contributed by atoms with Gasteiger partial charge in [0.1, 0.15) is 0 Å². The average molecular weight is 176 g/mol. The minimum absolute atomic E-state index is 0.977. The Kier molecular flexibility index (Phi) is 13.1. The second-order valence-corrected chi connectivity index (χ2v) is 3.57. The molecule has 0 aromatic rings. The largest absolute Gasteiger partial charge is 0.161 e. The second kappa shape index (κ2) is 10.3. The van der Waals surface area contributed by atoms with Crippen LogP contribution in [0.2, 0.25) is 0 Å². The molecule has 0 bridgehead atoms. The van der Waals surface area contributed by atoms with Crippen molar-refractivity contribution in [3.8, 4) is 0 Å². The summed E-state index contributed by atoms with van der Waals surface area (Å²) in [6, 6.07) is 0. The van der Waals surface area contributed by atoms with Gasteiger partial charge in [0.2, 0.25) is 0 Å². The summed E-state index contributed by atoms with van der Waals surface area (Å²) in [5.41, 5.74) is 0. The zero-order valence-electron chi connectivity index (χ0n) is 8.98. The van der Waals surface area contributed by atoms with Gasteiger partial charge in [-0.05, 0) is 23.3 Å². The van der Waals surface area contributed by atoms with Crippen LogP contribution in [0.15, 0.2) is 0 Å². The van der Waals surface area contributed by atoms with Crippen LogP contribution < -0.4 is 0 Å². The minimum Gasteiger partial charge on any atom is -0.161 e. The molecule has 0 spiro atoms. The Balaban J connectivity index is 0. The van der Waals surface area contributed by atoms with Crippen LogP contribution in [0.4, 0.5) is 0 Å². The molecule has 2 unspecified atom stereocenters. The predicted octanol–water partition coefficient (Wildman–Crippen LogP) is 4.06. The van der Waals surface area contributed by atoms with Crippen LogP contribution in [0.5, 0.6) is 0 Å². The topological polar surface area (TPSA) is 0 Å². The van der Waals surface area contributed by atoms with Gasteiger partial charge in [-0.1, -0.05) is 41.5 Å². The van der Waals surface area contributed by atoms with Crippen molar-refractivity contribution in [3.05, 3.63) is 0 Å². The van der Waals surface area contributed by atoms with Crippen molar-refractivity contribution in [2.75, 3.05) is 11.5 Å². The number of hydrogen-bond donors (Lipinski definition) is 0. The standard InChI is InChI=1S/C6H12S.2C2H6/c1-5-3-7-4-6(5)2;2*1-2/h5-6H,3-4H2,1-2H3;2*1-2H3. The molecule has 0 radical (unpaired) electrons. The Morgan fingerprint density at radius 2 is 1.09 bits per heavy atom. The van der Waals surface area contributed by atoms with Gasteiger partial charge < -0.3 is 0 Å². The predicted molar refractivity (Wildman–Crippen MR) is 58.3 cm³/mol. The summed E-state index contributed by atoms with van der Waals surface area (Å²) >= 11 is 2.09. The van der Waals surface area contributed by atoms with E-state index in [0.29, 0.717) is 0 Å². The van der Waals surface area contributed by atoms with Crippen molar-refractivity contribution < 1.29 is 0 Å². The highest BCUT2D eigenvalue weighted by Gasteiger charge is 2.18. The highest BCUT2D eigenvalue weighted by Crippen LogP contribution is 2.28. The van der Waals surface area contributed by atoms with Crippen molar-refractivity contribution in [1.82, 2.24) is 0 Å². The van der Waals surface area contributed by atoms with E-state index in [1.165, 1.54) is 11.5 Å². The zero-order chi connectivity index (χ0) is 9.28. The summed E-state index contributed by atoms with van der Waals surface area (Å²) in [6.45, 7) is 12.7. The third-order valence-electron chi connectivity index (χ3n) is 1.73. The SMILES string of the molecule is CC.CC.CC1CSCC1C. The van der Waals surface area contributed by atoms with Gasteiger partial charge in [0, 0.05) is 0 Å². The Labute approximate surface area is 77.2 Å². The molecule has 1 heterocycles. The van der Waals surface area contributed by atoms with Gasteiger partial charge in [-0.15, -0.1) is 0 Å². The summed E-state index contributed by atoms with van der Waals surface area (Å²) in [7, 11) is 0. The number of hydrogen-bond acceptors (Lipinski definition) is 1. The second-order valence-electron chi connectivity index (χ2n) is 2.49. The van der Waals surface area contributed by atoms with Crippen LogP contribution in [0.1, 0.15) is 41.5 Å². The minimum atomic E-state index is 0.977. The van der Waals surface area contributed by atoms with Gasteiger partial charge >= 0.3 is 0 Å². The molecule has 70 valence electrons. The number of thioether (sulfide) groups is 1. The average Bonchev–Trinajstić information content (AvgIpc) is 2.44. The molecule has 0 aliphatic carbocycles. The molecule has 11 heavy (non-hydrogen) atoms. The Bertz CT molecular complexity index is 53.9. The first kappa shape index (κ1) is 13.9. The lowest BCUT2D eigenvalue weighted by molar-refractivity contribution is 0.494. The van der Waals surface area contributed by atoms with Crippen LogP contribution >= 0.6 is 11.8 Å². The maximum absolute atomic E-state index is 2.34. The van der Waals surface area contributed by atoms with Crippen molar-refractivity contribution >= 4 is 11.8 Å². The van der Waals surface area contributed by atoms with Crippen molar-refractivity contribution in [3.63, 3.8) is 0 Å². The molecule has 0 N–H and O–H groups in total. The quantitative estimate of drug-likeness (QED) is 0.536. The molecular weight excluding hydrogens is 152 g/mol.